The third-order valence-electron chi connectivity index (χ3n) is 4.36. The third-order valence-corrected chi connectivity index (χ3v) is 4.36. The molecule has 0 amide bonds. The first-order valence-corrected chi connectivity index (χ1v) is 8.58. The average Bonchev–Trinajstić information content (AvgIpc) is 2.94. The number of rotatable bonds is 9. The Kier molecular flexibility index (Phi) is 7.33. The van der Waals surface area contributed by atoms with Crippen LogP contribution in [0.15, 0.2) is 4.99 Å². The number of nitrogens with two attached hydrogens (primary N) is 2. The first kappa shape index (κ1) is 18.5. The minimum absolute atomic E-state index is 0.317. The van der Waals surface area contributed by atoms with Crippen molar-refractivity contribution in [1.82, 2.24) is 14.9 Å². The van der Waals surface area contributed by atoms with Crippen LogP contribution in [0, 0.1) is 5.92 Å². The van der Waals surface area contributed by atoms with Crippen LogP contribution in [-0.2, 0) is 11.3 Å². The Hall–Kier alpha value is -1.80. The van der Waals surface area contributed by atoms with Gasteiger partial charge in [-0.3, -0.25) is 9.56 Å². The summed E-state index contributed by atoms with van der Waals surface area (Å²) >= 11 is 0. The second kappa shape index (κ2) is 9.48. The van der Waals surface area contributed by atoms with Crippen LogP contribution in [-0.4, -0.2) is 55.8 Å². The van der Waals surface area contributed by atoms with E-state index in [0.717, 1.165) is 39.3 Å². The lowest BCUT2D eigenvalue weighted by Crippen LogP contribution is -2.24. The molecule has 1 saturated heterocycles. The first-order chi connectivity index (χ1) is 11.7. The molecular formula is C16H30N6O2. The quantitative estimate of drug-likeness (QED) is 0.345. The van der Waals surface area contributed by atoms with E-state index in [-0.39, 0.29) is 0 Å². The number of anilines is 1. The van der Waals surface area contributed by atoms with E-state index < -0.39 is 0 Å². The Bertz CT molecular complexity index is 537. The van der Waals surface area contributed by atoms with E-state index in [1.54, 1.807) is 14.2 Å². The van der Waals surface area contributed by atoms with E-state index in [1.807, 2.05) is 4.57 Å². The van der Waals surface area contributed by atoms with Crippen LogP contribution in [0.4, 0.5) is 5.82 Å². The highest BCUT2D eigenvalue weighted by Crippen LogP contribution is 2.20. The van der Waals surface area contributed by atoms with Gasteiger partial charge >= 0.3 is 0 Å². The molecule has 1 aromatic rings. The van der Waals surface area contributed by atoms with Gasteiger partial charge in [0.1, 0.15) is 11.7 Å². The molecule has 2 rings (SSSR count). The van der Waals surface area contributed by atoms with Gasteiger partial charge in [-0.15, -0.1) is 0 Å². The molecule has 0 aliphatic carbocycles. The van der Waals surface area contributed by atoms with Crippen molar-refractivity contribution in [2.24, 2.45) is 16.6 Å². The second-order valence-corrected chi connectivity index (χ2v) is 6.07. The van der Waals surface area contributed by atoms with Crippen molar-refractivity contribution >= 4 is 11.7 Å². The van der Waals surface area contributed by atoms with E-state index in [4.69, 9.17) is 20.9 Å². The normalized spacial score (nSPS) is 18.8. The number of hydrogen-bond acceptors (Lipinski definition) is 6. The molecule has 2 heterocycles. The summed E-state index contributed by atoms with van der Waals surface area (Å²) in [6.07, 6.45) is 4.58. The van der Waals surface area contributed by atoms with E-state index in [2.05, 4.69) is 15.3 Å². The fraction of sp³-hybridized carbons (Fsp3) is 0.750. The minimum atomic E-state index is 0.317. The lowest BCUT2D eigenvalue weighted by atomic mass is 9.99. The van der Waals surface area contributed by atoms with Crippen molar-refractivity contribution in [3.63, 3.8) is 0 Å². The molecule has 1 aliphatic heterocycles. The number of nitrogen functional groups attached to an aromatic ring is 1. The first-order valence-electron chi connectivity index (χ1n) is 8.58. The second-order valence-electron chi connectivity index (χ2n) is 6.07. The van der Waals surface area contributed by atoms with E-state index in [1.165, 1.54) is 19.3 Å². The highest BCUT2D eigenvalue weighted by molar-refractivity contribution is 5.99. The molecule has 1 aliphatic rings. The van der Waals surface area contributed by atoms with Gasteiger partial charge in [-0.05, 0) is 44.7 Å². The lowest BCUT2D eigenvalue weighted by molar-refractivity contribution is 0.0518. The van der Waals surface area contributed by atoms with Crippen LogP contribution in [0.3, 0.4) is 0 Å². The molecule has 0 spiro atoms. The van der Waals surface area contributed by atoms with Crippen molar-refractivity contribution < 1.29 is 9.47 Å². The molecular weight excluding hydrogens is 308 g/mol. The predicted molar refractivity (Wildman–Crippen MR) is 95.5 cm³/mol. The Morgan fingerprint density at radius 1 is 1.50 bits per heavy atom. The molecule has 1 unspecified atom stereocenters. The maximum atomic E-state index is 6.12. The minimum Gasteiger partial charge on any atom is -0.468 e. The average molecular weight is 338 g/mol. The van der Waals surface area contributed by atoms with Crippen molar-refractivity contribution in [3.8, 4) is 6.01 Å². The van der Waals surface area contributed by atoms with Crippen molar-refractivity contribution in [2.45, 2.75) is 32.2 Å². The van der Waals surface area contributed by atoms with Gasteiger partial charge in [0.2, 0.25) is 0 Å². The zero-order chi connectivity index (χ0) is 17.4. The highest BCUT2D eigenvalue weighted by Gasteiger charge is 2.17. The zero-order valence-electron chi connectivity index (χ0n) is 14.8. The number of aliphatic imine (C=N–C) groups is 1. The number of aromatic nitrogens is 2. The molecule has 5 N–H and O–H groups in total. The lowest BCUT2D eigenvalue weighted by Gasteiger charge is -2.21. The molecule has 0 radical (unpaired) electrons. The molecule has 0 bridgehead atoms. The topological polar surface area (TPSA) is 113 Å². The van der Waals surface area contributed by atoms with Crippen LogP contribution in [0.1, 0.15) is 31.4 Å². The summed E-state index contributed by atoms with van der Waals surface area (Å²) in [7, 11) is 3.19. The molecule has 0 saturated carbocycles. The molecule has 24 heavy (non-hydrogen) atoms. The fourth-order valence-corrected chi connectivity index (χ4v) is 2.94. The molecule has 1 fully saturated rings. The summed E-state index contributed by atoms with van der Waals surface area (Å²) in [6, 6.07) is 0.466. The number of nitrogens with one attached hydrogen (secondary N) is 1. The van der Waals surface area contributed by atoms with Gasteiger partial charge < -0.3 is 26.3 Å². The Morgan fingerprint density at radius 2 is 2.33 bits per heavy atom. The predicted octanol–water partition coefficient (Wildman–Crippen LogP) is 0.605. The summed E-state index contributed by atoms with van der Waals surface area (Å²) < 4.78 is 12.6. The fourth-order valence-electron chi connectivity index (χ4n) is 2.94. The van der Waals surface area contributed by atoms with Crippen molar-refractivity contribution in [1.29, 1.82) is 0 Å². The van der Waals surface area contributed by atoms with Crippen LogP contribution in [0.2, 0.25) is 0 Å². The van der Waals surface area contributed by atoms with Crippen LogP contribution >= 0.6 is 0 Å². The standard InChI is InChI=1S/C16H30N6O2/c1-19-14(17)13-15(18)22(16(21-13)23-2)9-4-7-20-8-6-12-5-3-10-24-11-12/h12,20H,3-11,18H2,1-2H3,(H2,17,19). The van der Waals surface area contributed by atoms with Gasteiger partial charge in [-0.25, -0.2) is 0 Å². The van der Waals surface area contributed by atoms with Gasteiger partial charge in [0.05, 0.1) is 7.11 Å². The van der Waals surface area contributed by atoms with Gasteiger partial charge in [0, 0.05) is 26.8 Å². The Morgan fingerprint density at radius 3 is 3.00 bits per heavy atom. The molecule has 8 nitrogen and oxygen atoms in total. The van der Waals surface area contributed by atoms with Crippen LogP contribution in [0.25, 0.3) is 0 Å². The largest absolute Gasteiger partial charge is 0.468 e. The van der Waals surface area contributed by atoms with Gasteiger partial charge in [-0.1, -0.05) is 0 Å². The zero-order valence-corrected chi connectivity index (χ0v) is 14.8. The van der Waals surface area contributed by atoms with Crippen molar-refractivity contribution in [2.75, 3.05) is 46.2 Å². The number of amidine groups is 1. The highest BCUT2D eigenvalue weighted by atomic mass is 16.5. The van der Waals surface area contributed by atoms with Gasteiger partial charge in [-0.2, -0.15) is 4.98 Å². The maximum absolute atomic E-state index is 6.12. The monoisotopic (exact) mass is 338 g/mol. The molecule has 136 valence electrons. The SMILES string of the molecule is CN=C(N)c1nc(OC)n(CCCNCCC2CCCOC2)c1N. The molecule has 0 aromatic carbocycles. The van der Waals surface area contributed by atoms with Crippen LogP contribution in [0.5, 0.6) is 6.01 Å². The van der Waals surface area contributed by atoms with Gasteiger partial charge in [0.25, 0.3) is 6.01 Å². The van der Waals surface area contributed by atoms with Crippen LogP contribution < -0.4 is 21.5 Å². The Balaban J connectivity index is 1.74. The number of imidazole rings is 1. The van der Waals surface area contributed by atoms with Gasteiger partial charge in [0.15, 0.2) is 5.69 Å². The summed E-state index contributed by atoms with van der Waals surface area (Å²) in [5, 5.41) is 3.48. The maximum Gasteiger partial charge on any atom is 0.298 e. The number of nitrogens with zero attached hydrogens (tertiary/aromatic N) is 3. The molecule has 1 aromatic heterocycles. The summed E-state index contributed by atoms with van der Waals surface area (Å²) in [5.74, 6) is 1.51. The van der Waals surface area contributed by atoms with E-state index in [0.29, 0.717) is 29.3 Å². The van der Waals surface area contributed by atoms with E-state index in [9.17, 15) is 0 Å². The Labute approximate surface area is 143 Å². The smallest absolute Gasteiger partial charge is 0.298 e. The van der Waals surface area contributed by atoms with Crippen molar-refractivity contribution in [3.05, 3.63) is 5.69 Å². The number of ether oxygens (including phenoxy) is 2. The summed E-state index contributed by atoms with van der Waals surface area (Å²) in [4.78, 5) is 8.23. The molecule has 1 atom stereocenters. The number of hydrogen-bond donors (Lipinski definition) is 3. The van der Waals surface area contributed by atoms with E-state index >= 15 is 0 Å². The summed E-state index contributed by atoms with van der Waals surface area (Å²) in [5.41, 5.74) is 12.4. The molecule has 8 heteroatoms. The summed E-state index contributed by atoms with van der Waals surface area (Å²) in [6.45, 7) is 4.49. The third kappa shape index (κ3) is 4.85. The number of methoxy groups -OCH3 is 1.